The zero-order valence-corrected chi connectivity index (χ0v) is 24.3. The number of fused-ring (bicyclic) bond motifs is 1. The maximum Gasteiger partial charge on any atom is 0.138 e. The number of aryl methyl sites for hydroxylation is 3. The van der Waals surface area contributed by atoms with Crippen LogP contribution in [0.5, 0.6) is 17.2 Å². The molecule has 5 heteroatoms. The molecular weight excluding hydrogens is 487 g/mol. The number of halogens is 1. The number of nitriles is 1. The third kappa shape index (κ3) is 7.57. The van der Waals surface area contributed by atoms with Crippen molar-refractivity contribution in [3.8, 4) is 23.3 Å². The van der Waals surface area contributed by atoms with Gasteiger partial charge in [0.1, 0.15) is 29.1 Å². The number of pyridine rings is 1. The van der Waals surface area contributed by atoms with E-state index in [1.54, 1.807) is 38.4 Å². The molecule has 0 radical (unpaired) electrons. The van der Waals surface area contributed by atoms with E-state index in [1.807, 2.05) is 25.1 Å². The lowest BCUT2D eigenvalue weighted by Gasteiger charge is -2.22. The molecule has 4 aromatic rings. The lowest BCUT2D eigenvalue weighted by Crippen LogP contribution is -2.09. The second kappa shape index (κ2) is 13.2. The summed E-state index contributed by atoms with van der Waals surface area (Å²) in [6.45, 7) is 15.0. The van der Waals surface area contributed by atoms with Crippen LogP contribution in [0.3, 0.4) is 0 Å². The topological polar surface area (TPSA) is 55.1 Å². The molecule has 0 bridgehead atoms. The average molecular weight is 527 g/mol. The summed E-state index contributed by atoms with van der Waals surface area (Å²) in [6, 6.07) is 19.0. The van der Waals surface area contributed by atoms with Crippen LogP contribution in [0.1, 0.15) is 67.9 Å². The second-order valence-electron chi connectivity index (χ2n) is 10.7. The van der Waals surface area contributed by atoms with Crippen molar-refractivity contribution in [2.75, 3.05) is 7.11 Å². The quantitative estimate of drug-likeness (QED) is 0.241. The van der Waals surface area contributed by atoms with Crippen molar-refractivity contribution in [2.24, 2.45) is 11.8 Å². The van der Waals surface area contributed by atoms with Crippen LogP contribution >= 0.6 is 0 Å². The van der Waals surface area contributed by atoms with E-state index in [0.717, 1.165) is 28.6 Å². The van der Waals surface area contributed by atoms with E-state index in [9.17, 15) is 9.65 Å². The van der Waals surface area contributed by atoms with E-state index in [4.69, 9.17) is 9.47 Å². The highest BCUT2D eigenvalue weighted by atomic mass is 19.1. The monoisotopic (exact) mass is 526 g/mol. The molecule has 3 aromatic carbocycles. The zero-order chi connectivity index (χ0) is 28.7. The Kier molecular flexibility index (Phi) is 10.1. The van der Waals surface area contributed by atoms with Gasteiger partial charge in [-0.3, -0.25) is 4.98 Å². The lowest BCUT2D eigenvalue weighted by atomic mass is 9.84. The Bertz CT molecular complexity index is 1470. The molecule has 0 aliphatic carbocycles. The number of nitrogens with zero attached hydrogens (tertiary/aromatic N) is 2. The lowest BCUT2D eigenvalue weighted by molar-refractivity contribution is 0.368. The third-order valence-electron chi connectivity index (χ3n) is 7.34. The minimum atomic E-state index is -0.116. The van der Waals surface area contributed by atoms with Gasteiger partial charge in [0.25, 0.3) is 0 Å². The van der Waals surface area contributed by atoms with E-state index in [-0.39, 0.29) is 5.82 Å². The van der Waals surface area contributed by atoms with Crippen molar-refractivity contribution in [3.63, 3.8) is 0 Å². The SMILES string of the molecule is COc1cc2nccc(Oc3ccc(C)c(C(C)CC(C)C(C)C)c3)c2cc1C#N.Cc1ccc(C)c(F)c1. The smallest absolute Gasteiger partial charge is 0.138 e. The van der Waals surface area contributed by atoms with E-state index in [1.165, 1.54) is 17.2 Å². The van der Waals surface area contributed by atoms with Gasteiger partial charge in [-0.1, -0.05) is 45.9 Å². The minimum Gasteiger partial charge on any atom is -0.495 e. The number of methoxy groups -OCH3 is 1. The summed E-state index contributed by atoms with van der Waals surface area (Å²) < 4.78 is 24.2. The molecule has 1 heterocycles. The van der Waals surface area contributed by atoms with Crippen molar-refractivity contribution in [3.05, 3.63) is 94.4 Å². The van der Waals surface area contributed by atoms with Gasteiger partial charge in [0.05, 0.1) is 18.2 Å². The van der Waals surface area contributed by atoms with Crippen LogP contribution in [0, 0.1) is 49.8 Å². The fourth-order valence-corrected chi connectivity index (χ4v) is 4.49. The molecule has 2 atom stereocenters. The second-order valence-corrected chi connectivity index (χ2v) is 10.7. The van der Waals surface area contributed by atoms with Crippen LogP contribution in [0.4, 0.5) is 4.39 Å². The van der Waals surface area contributed by atoms with Crippen molar-refractivity contribution in [1.82, 2.24) is 4.98 Å². The van der Waals surface area contributed by atoms with Crippen LogP contribution in [0.25, 0.3) is 10.9 Å². The Hall–Kier alpha value is -3.91. The molecule has 0 spiro atoms. The molecule has 0 aliphatic heterocycles. The summed E-state index contributed by atoms with van der Waals surface area (Å²) in [7, 11) is 1.55. The van der Waals surface area contributed by atoms with Crippen LogP contribution in [-0.2, 0) is 0 Å². The van der Waals surface area contributed by atoms with Gasteiger partial charge in [-0.15, -0.1) is 0 Å². The van der Waals surface area contributed by atoms with Gasteiger partial charge in [-0.25, -0.2) is 4.39 Å². The van der Waals surface area contributed by atoms with Crippen molar-refractivity contribution in [1.29, 1.82) is 5.26 Å². The Labute approximate surface area is 232 Å². The molecule has 1 aromatic heterocycles. The minimum absolute atomic E-state index is 0.116. The first-order chi connectivity index (χ1) is 18.5. The van der Waals surface area contributed by atoms with Gasteiger partial charge in [0.2, 0.25) is 0 Å². The summed E-state index contributed by atoms with van der Waals surface area (Å²) in [4.78, 5) is 4.41. The average Bonchev–Trinajstić information content (AvgIpc) is 2.91. The molecular formula is C34H39FN2O2. The number of hydrogen-bond acceptors (Lipinski definition) is 4. The van der Waals surface area contributed by atoms with Crippen LogP contribution in [0.15, 0.2) is 60.8 Å². The Balaban J connectivity index is 0.000000395. The van der Waals surface area contributed by atoms with E-state index < -0.39 is 0 Å². The van der Waals surface area contributed by atoms with Gasteiger partial charge in [0, 0.05) is 17.6 Å². The van der Waals surface area contributed by atoms with Crippen LogP contribution < -0.4 is 9.47 Å². The standard InChI is InChI=1S/C26H30N2O2.C8H9F/c1-16(2)18(4)11-19(5)22-13-21(8-7-17(22)3)30-25-9-10-28-24-14-26(29-6)20(15-27)12-23(24)25;1-6-3-4-7(2)8(9)5-6/h7-10,12-14,16,18-19H,11H2,1-6H3;3-5H,1-2H3. The number of rotatable bonds is 7. The van der Waals surface area contributed by atoms with Gasteiger partial charge in [-0.2, -0.15) is 5.26 Å². The van der Waals surface area contributed by atoms with E-state index in [2.05, 4.69) is 57.8 Å². The van der Waals surface area contributed by atoms with Crippen molar-refractivity contribution < 1.29 is 13.9 Å². The van der Waals surface area contributed by atoms with E-state index in [0.29, 0.717) is 40.4 Å². The van der Waals surface area contributed by atoms with Gasteiger partial charge < -0.3 is 9.47 Å². The predicted octanol–water partition coefficient (Wildman–Crippen LogP) is 9.44. The van der Waals surface area contributed by atoms with Gasteiger partial charge in [-0.05, 0) is 97.5 Å². The fourth-order valence-electron chi connectivity index (χ4n) is 4.49. The number of ether oxygens (including phenoxy) is 2. The number of hydrogen-bond donors (Lipinski definition) is 0. The molecule has 204 valence electrons. The van der Waals surface area contributed by atoms with Crippen LogP contribution in [0.2, 0.25) is 0 Å². The predicted molar refractivity (Wildman–Crippen MR) is 157 cm³/mol. The maximum atomic E-state index is 12.6. The first-order valence-corrected chi connectivity index (χ1v) is 13.4. The third-order valence-corrected chi connectivity index (χ3v) is 7.34. The highest BCUT2D eigenvalue weighted by Gasteiger charge is 2.17. The molecule has 0 saturated heterocycles. The van der Waals surface area contributed by atoms with Crippen molar-refractivity contribution >= 4 is 10.9 Å². The first kappa shape index (κ1) is 29.6. The molecule has 39 heavy (non-hydrogen) atoms. The molecule has 0 N–H and O–H groups in total. The summed E-state index contributed by atoms with van der Waals surface area (Å²) in [5.41, 5.74) is 5.47. The summed E-state index contributed by atoms with van der Waals surface area (Å²) >= 11 is 0. The van der Waals surface area contributed by atoms with Crippen molar-refractivity contribution in [2.45, 2.75) is 60.8 Å². The Morgan fingerprint density at radius 3 is 2.23 bits per heavy atom. The zero-order valence-electron chi connectivity index (χ0n) is 24.3. The number of benzene rings is 3. The molecule has 0 saturated carbocycles. The van der Waals surface area contributed by atoms with E-state index >= 15 is 0 Å². The largest absolute Gasteiger partial charge is 0.495 e. The molecule has 4 rings (SSSR count). The molecule has 2 unspecified atom stereocenters. The van der Waals surface area contributed by atoms with Gasteiger partial charge in [0.15, 0.2) is 0 Å². The molecule has 0 fully saturated rings. The molecule has 0 amide bonds. The normalized spacial score (nSPS) is 12.3. The Morgan fingerprint density at radius 1 is 0.897 bits per heavy atom. The molecule has 0 aliphatic rings. The fraction of sp³-hybridized carbons (Fsp3) is 0.353. The summed E-state index contributed by atoms with van der Waals surface area (Å²) in [6.07, 6.45) is 2.86. The highest BCUT2D eigenvalue weighted by molar-refractivity contribution is 5.88. The maximum absolute atomic E-state index is 12.6. The first-order valence-electron chi connectivity index (χ1n) is 13.4. The summed E-state index contributed by atoms with van der Waals surface area (Å²) in [5.74, 6) is 3.65. The highest BCUT2D eigenvalue weighted by Crippen LogP contribution is 2.36. The number of aromatic nitrogens is 1. The van der Waals surface area contributed by atoms with Crippen LogP contribution in [-0.4, -0.2) is 12.1 Å². The van der Waals surface area contributed by atoms with Gasteiger partial charge >= 0.3 is 0 Å². The Morgan fingerprint density at radius 2 is 1.62 bits per heavy atom. The summed E-state index contributed by atoms with van der Waals surface area (Å²) in [5, 5.41) is 10.2. The molecule has 4 nitrogen and oxygen atoms in total.